The molecule has 0 unspecified atom stereocenters. The van der Waals surface area contributed by atoms with Gasteiger partial charge in [0.05, 0.1) is 11.3 Å². The molecular formula is C13H11F3N4. The van der Waals surface area contributed by atoms with Crippen LogP contribution in [0.4, 0.5) is 19.0 Å². The lowest BCUT2D eigenvalue weighted by Gasteiger charge is -2.07. The van der Waals surface area contributed by atoms with Gasteiger partial charge >= 0.3 is 6.18 Å². The fourth-order valence-electron chi connectivity index (χ4n) is 1.43. The SMILES string of the molecule is CC(=NNc1ccc(C(F)(F)F)cn1)c1ccncc1. The summed E-state index contributed by atoms with van der Waals surface area (Å²) in [5.74, 6) is 0.242. The van der Waals surface area contributed by atoms with Crippen LogP contribution in [0.25, 0.3) is 0 Å². The first-order valence-electron chi connectivity index (χ1n) is 5.71. The van der Waals surface area contributed by atoms with Gasteiger partial charge in [0, 0.05) is 24.2 Å². The van der Waals surface area contributed by atoms with Crippen LogP contribution >= 0.6 is 0 Å². The van der Waals surface area contributed by atoms with Crippen molar-refractivity contribution in [3.05, 3.63) is 54.0 Å². The van der Waals surface area contributed by atoms with E-state index in [0.29, 0.717) is 5.71 Å². The van der Waals surface area contributed by atoms with Gasteiger partial charge in [-0.05, 0) is 31.2 Å². The van der Waals surface area contributed by atoms with Gasteiger partial charge in [0.25, 0.3) is 0 Å². The topological polar surface area (TPSA) is 50.2 Å². The Kier molecular flexibility index (Phi) is 3.97. The van der Waals surface area contributed by atoms with Crippen LogP contribution in [0, 0.1) is 0 Å². The van der Waals surface area contributed by atoms with Gasteiger partial charge in [0.1, 0.15) is 5.82 Å². The Balaban J connectivity index is 2.08. The maximum absolute atomic E-state index is 12.4. The molecule has 4 nitrogen and oxygen atoms in total. The number of hydrogen-bond acceptors (Lipinski definition) is 4. The van der Waals surface area contributed by atoms with Crippen molar-refractivity contribution >= 4 is 11.5 Å². The quantitative estimate of drug-likeness (QED) is 0.693. The second kappa shape index (κ2) is 5.68. The van der Waals surface area contributed by atoms with Crippen LogP contribution in [0.2, 0.25) is 0 Å². The summed E-state index contributed by atoms with van der Waals surface area (Å²) in [5.41, 5.74) is 3.35. The molecule has 0 spiro atoms. The Morgan fingerprint density at radius 1 is 1.15 bits per heavy atom. The minimum absolute atomic E-state index is 0.242. The predicted octanol–water partition coefficient (Wildman–Crippen LogP) is 3.33. The van der Waals surface area contributed by atoms with Gasteiger partial charge in [-0.25, -0.2) is 4.98 Å². The Morgan fingerprint density at radius 2 is 1.85 bits per heavy atom. The van der Waals surface area contributed by atoms with Crippen molar-refractivity contribution in [3.63, 3.8) is 0 Å². The highest BCUT2D eigenvalue weighted by Gasteiger charge is 2.30. The van der Waals surface area contributed by atoms with Crippen LogP contribution < -0.4 is 5.43 Å². The van der Waals surface area contributed by atoms with Crippen molar-refractivity contribution < 1.29 is 13.2 Å². The smallest absolute Gasteiger partial charge is 0.265 e. The number of aromatic nitrogens is 2. The van der Waals surface area contributed by atoms with E-state index >= 15 is 0 Å². The first-order chi connectivity index (χ1) is 9.47. The number of nitrogens with zero attached hydrogens (tertiary/aromatic N) is 3. The molecule has 2 rings (SSSR count). The molecule has 20 heavy (non-hydrogen) atoms. The predicted molar refractivity (Wildman–Crippen MR) is 69.3 cm³/mol. The number of anilines is 1. The second-order valence-electron chi connectivity index (χ2n) is 3.97. The Bertz CT molecular complexity index is 591. The molecule has 0 fully saturated rings. The van der Waals surface area contributed by atoms with Crippen LogP contribution in [0.5, 0.6) is 0 Å². The normalized spacial score (nSPS) is 12.3. The minimum atomic E-state index is -4.39. The maximum atomic E-state index is 12.4. The molecule has 7 heteroatoms. The Morgan fingerprint density at radius 3 is 2.40 bits per heavy atom. The molecule has 0 aliphatic rings. The van der Waals surface area contributed by atoms with Gasteiger partial charge in [-0.1, -0.05) is 0 Å². The van der Waals surface area contributed by atoms with Crippen molar-refractivity contribution in [2.24, 2.45) is 5.10 Å². The number of rotatable bonds is 3. The molecule has 2 heterocycles. The van der Waals surface area contributed by atoms with E-state index in [1.165, 1.54) is 6.07 Å². The van der Waals surface area contributed by atoms with E-state index < -0.39 is 11.7 Å². The number of hydrogen-bond donors (Lipinski definition) is 1. The molecule has 1 N–H and O–H groups in total. The van der Waals surface area contributed by atoms with Crippen molar-refractivity contribution in [3.8, 4) is 0 Å². The zero-order chi connectivity index (χ0) is 14.6. The molecule has 0 atom stereocenters. The summed E-state index contributed by atoms with van der Waals surface area (Å²) < 4.78 is 37.1. The minimum Gasteiger partial charge on any atom is -0.265 e. The Hall–Kier alpha value is -2.44. The van der Waals surface area contributed by atoms with Crippen LogP contribution in [-0.4, -0.2) is 15.7 Å². The van der Waals surface area contributed by atoms with E-state index in [-0.39, 0.29) is 5.82 Å². The molecular weight excluding hydrogens is 269 g/mol. The average Bonchev–Trinajstić information content (AvgIpc) is 2.45. The van der Waals surface area contributed by atoms with E-state index in [9.17, 15) is 13.2 Å². The highest BCUT2D eigenvalue weighted by Crippen LogP contribution is 2.28. The van der Waals surface area contributed by atoms with Crippen molar-refractivity contribution in [1.82, 2.24) is 9.97 Å². The van der Waals surface area contributed by atoms with Crippen LogP contribution in [-0.2, 0) is 6.18 Å². The first kappa shape index (κ1) is 14.0. The van der Waals surface area contributed by atoms with Gasteiger partial charge in [0.2, 0.25) is 0 Å². The molecule has 0 aliphatic heterocycles. The van der Waals surface area contributed by atoms with Crippen LogP contribution in [0.1, 0.15) is 18.1 Å². The zero-order valence-corrected chi connectivity index (χ0v) is 10.5. The largest absolute Gasteiger partial charge is 0.417 e. The molecule has 0 bridgehead atoms. The molecule has 2 aromatic rings. The summed E-state index contributed by atoms with van der Waals surface area (Å²) in [6.07, 6.45) is -0.364. The summed E-state index contributed by atoms with van der Waals surface area (Å²) in [7, 11) is 0. The average molecular weight is 280 g/mol. The lowest BCUT2D eigenvalue weighted by molar-refractivity contribution is -0.137. The van der Waals surface area contributed by atoms with E-state index in [1.807, 2.05) is 0 Å². The lowest BCUT2D eigenvalue weighted by Crippen LogP contribution is -2.06. The van der Waals surface area contributed by atoms with Crippen molar-refractivity contribution in [1.29, 1.82) is 0 Å². The van der Waals surface area contributed by atoms with Gasteiger partial charge in [-0.15, -0.1) is 0 Å². The molecule has 0 saturated carbocycles. The van der Waals surface area contributed by atoms with E-state index in [0.717, 1.165) is 17.8 Å². The number of pyridine rings is 2. The third-order valence-corrected chi connectivity index (χ3v) is 2.53. The molecule has 0 aromatic carbocycles. The number of alkyl halides is 3. The highest BCUT2D eigenvalue weighted by molar-refractivity contribution is 5.98. The standard InChI is InChI=1S/C13H11F3N4/c1-9(10-4-6-17-7-5-10)19-20-12-3-2-11(8-18-12)13(14,15)16/h2-8H,1H3,(H,18,20). The van der Waals surface area contributed by atoms with Gasteiger partial charge in [0.15, 0.2) is 0 Å². The molecule has 0 aliphatic carbocycles. The van der Waals surface area contributed by atoms with Gasteiger partial charge in [-0.2, -0.15) is 18.3 Å². The van der Waals surface area contributed by atoms with Crippen molar-refractivity contribution in [2.45, 2.75) is 13.1 Å². The number of nitrogens with one attached hydrogen (secondary N) is 1. The maximum Gasteiger partial charge on any atom is 0.417 e. The number of halogens is 3. The van der Waals surface area contributed by atoms with Crippen molar-refractivity contribution in [2.75, 3.05) is 5.43 Å². The van der Waals surface area contributed by atoms with Gasteiger partial charge < -0.3 is 0 Å². The molecule has 104 valence electrons. The molecule has 0 radical (unpaired) electrons. The van der Waals surface area contributed by atoms with E-state index in [2.05, 4.69) is 20.5 Å². The third kappa shape index (κ3) is 3.53. The first-order valence-corrected chi connectivity index (χ1v) is 5.71. The van der Waals surface area contributed by atoms with Crippen LogP contribution in [0.3, 0.4) is 0 Å². The molecule has 2 aromatic heterocycles. The van der Waals surface area contributed by atoms with Crippen LogP contribution in [0.15, 0.2) is 48.0 Å². The Labute approximate surface area is 113 Å². The van der Waals surface area contributed by atoms with E-state index in [1.54, 1.807) is 31.5 Å². The monoisotopic (exact) mass is 280 g/mol. The lowest BCUT2D eigenvalue weighted by atomic mass is 10.2. The summed E-state index contributed by atoms with van der Waals surface area (Å²) in [6.45, 7) is 1.77. The second-order valence-corrected chi connectivity index (χ2v) is 3.97. The summed E-state index contributed by atoms with van der Waals surface area (Å²) in [5, 5.41) is 4.05. The summed E-state index contributed by atoms with van der Waals surface area (Å²) >= 11 is 0. The summed E-state index contributed by atoms with van der Waals surface area (Å²) in [4.78, 5) is 7.54. The fourth-order valence-corrected chi connectivity index (χ4v) is 1.43. The zero-order valence-electron chi connectivity index (χ0n) is 10.5. The third-order valence-electron chi connectivity index (χ3n) is 2.53. The van der Waals surface area contributed by atoms with E-state index in [4.69, 9.17) is 0 Å². The number of hydrazone groups is 1. The van der Waals surface area contributed by atoms with Gasteiger partial charge in [-0.3, -0.25) is 10.4 Å². The highest BCUT2D eigenvalue weighted by atomic mass is 19.4. The molecule has 0 amide bonds. The summed E-state index contributed by atoms with van der Waals surface area (Å²) in [6, 6.07) is 5.74. The molecule has 0 saturated heterocycles. The fraction of sp³-hybridized carbons (Fsp3) is 0.154.